The second kappa shape index (κ2) is 7.95. The van der Waals surface area contributed by atoms with Crippen LogP contribution in [0.4, 0.5) is 8.78 Å². The van der Waals surface area contributed by atoms with Crippen molar-refractivity contribution in [2.75, 3.05) is 0 Å². The molecule has 3 fully saturated rings. The van der Waals surface area contributed by atoms with Gasteiger partial charge in [0.05, 0.1) is 12.2 Å². The summed E-state index contributed by atoms with van der Waals surface area (Å²) in [6.45, 7) is 1.84. The van der Waals surface area contributed by atoms with E-state index in [0.29, 0.717) is 17.8 Å². The predicted octanol–water partition coefficient (Wildman–Crippen LogP) is 5.97. The fourth-order valence-electron chi connectivity index (χ4n) is 7.60. The molecule has 4 aliphatic rings. The molecule has 5 rings (SSSR count). The Morgan fingerprint density at radius 1 is 1.03 bits per heavy atom. The molecule has 0 heterocycles. The first-order valence-electron chi connectivity index (χ1n) is 12.0. The van der Waals surface area contributed by atoms with Crippen LogP contribution in [0, 0.1) is 28.6 Å². The Morgan fingerprint density at radius 3 is 2.50 bits per heavy atom. The number of benzene rings is 1. The van der Waals surface area contributed by atoms with Gasteiger partial charge in [0.25, 0.3) is 0 Å². The van der Waals surface area contributed by atoms with Gasteiger partial charge in [0.2, 0.25) is 0 Å². The highest BCUT2D eigenvalue weighted by Gasteiger charge is 2.59. The molecule has 0 saturated heterocycles. The number of halogens is 2. The SMILES string of the molecule is C[C@]12CC[C@H]3[C@@H](CC=C4C[C@@H](O)CC[C@@]43C)[C@@H]1C/C(=C\c1ccc(OC(F)F)cc1)[C@@H]2O. The van der Waals surface area contributed by atoms with E-state index < -0.39 is 12.7 Å². The zero-order valence-electron chi connectivity index (χ0n) is 18.9. The first kappa shape index (κ1) is 22.1. The van der Waals surface area contributed by atoms with Gasteiger partial charge in [0.1, 0.15) is 5.75 Å². The van der Waals surface area contributed by atoms with Gasteiger partial charge in [0, 0.05) is 5.41 Å². The minimum Gasteiger partial charge on any atom is -0.435 e. The van der Waals surface area contributed by atoms with Gasteiger partial charge in [-0.1, -0.05) is 43.7 Å². The first-order valence-corrected chi connectivity index (χ1v) is 12.0. The van der Waals surface area contributed by atoms with Crippen molar-refractivity contribution in [3.63, 3.8) is 0 Å². The average molecular weight is 445 g/mol. The molecule has 2 N–H and O–H groups in total. The van der Waals surface area contributed by atoms with Crippen molar-refractivity contribution < 1.29 is 23.7 Å². The van der Waals surface area contributed by atoms with E-state index in [9.17, 15) is 19.0 Å². The van der Waals surface area contributed by atoms with Crippen molar-refractivity contribution in [3.8, 4) is 5.75 Å². The summed E-state index contributed by atoms with van der Waals surface area (Å²) in [6.07, 6.45) is 10.6. The van der Waals surface area contributed by atoms with E-state index in [-0.39, 0.29) is 22.7 Å². The maximum absolute atomic E-state index is 12.4. The normalized spacial score (nSPS) is 42.3. The van der Waals surface area contributed by atoms with Crippen LogP contribution in [0.2, 0.25) is 0 Å². The minimum atomic E-state index is -2.83. The molecule has 1 aromatic carbocycles. The topological polar surface area (TPSA) is 49.7 Å². The zero-order valence-corrected chi connectivity index (χ0v) is 18.9. The standard InChI is InChI=1S/C27H34F2O3/c1-26-11-9-19(30)15-18(26)5-8-21-22(26)10-12-27(2)23(21)14-17(24(27)31)13-16-3-6-20(7-4-16)32-25(28)29/h3-7,13,19,21-25,30-31H,8-12,14-15H2,1-2H3/b17-13+/t19-,21+,22-,23-,24-,26-,27-/m0/s1. The Labute approximate surface area is 189 Å². The predicted molar refractivity (Wildman–Crippen MR) is 120 cm³/mol. The van der Waals surface area contributed by atoms with Gasteiger partial charge in [-0.25, -0.2) is 0 Å². The average Bonchev–Trinajstić information content (AvgIpc) is 3.00. The van der Waals surface area contributed by atoms with Crippen LogP contribution in [0.15, 0.2) is 41.5 Å². The van der Waals surface area contributed by atoms with Crippen molar-refractivity contribution in [2.45, 2.75) is 77.6 Å². The third kappa shape index (κ3) is 3.52. The van der Waals surface area contributed by atoms with Crippen molar-refractivity contribution >= 4 is 6.08 Å². The third-order valence-electron chi connectivity index (χ3n) is 9.40. The Balaban J connectivity index is 1.40. The molecule has 3 nitrogen and oxygen atoms in total. The Bertz CT molecular complexity index is 923. The summed E-state index contributed by atoms with van der Waals surface area (Å²) in [5.74, 6) is 1.75. The van der Waals surface area contributed by atoms with Crippen LogP contribution in [-0.4, -0.2) is 29.0 Å². The van der Waals surface area contributed by atoms with Gasteiger partial charge < -0.3 is 14.9 Å². The highest BCUT2D eigenvalue weighted by Crippen LogP contribution is 2.65. The molecule has 0 radical (unpaired) electrons. The second-order valence-electron chi connectivity index (χ2n) is 11.0. The Kier molecular flexibility index (Phi) is 5.49. The van der Waals surface area contributed by atoms with Crippen LogP contribution in [0.25, 0.3) is 6.08 Å². The number of ether oxygens (including phenoxy) is 1. The number of fused-ring (bicyclic) bond motifs is 5. The van der Waals surface area contributed by atoms with Crippen LogP contribution in [0.3, 0.4) is 0 Å². The van der Waals surface area contributed by atoms with E-state index in [1.807, 2.05) is 6.08 Å². The summed E-state index contributed by atoms with van der Waals surface area (Å²) >= 11 is 0. The molecule has 0 spiro atoms. The van der Waals surface area contributed by atoms with E-state index in [0.717, 1.165) is 56.1 Å². The molecule has 32 heavy (non-hydrogen) atoms. The summed E-state index contributed by atoms with van der Waals surface area (Å²) in [7, 11) is 0. The molecule has 0 aliphatic heterocycles. The fourth-order valence-corrected chi connectivity index (χ4v) is 7.60. The van der Waals surface area contributed by atoms with Gasteiger partial charge in [-0.2, -0.15) is 8.78 Å². The van der Waals surface area contributed by atoms with Gasteiger partial charge in [-0.05, 0) is 91.4 Å². The molecule has 174 valence electrons. The second-order valence-corrected chi connectivity index (χ2v) is 11.0. The summed E-state index contributed by atoms with van der Waals surface area (Å²) in [5.41, 5.74) is 3.47. The number of hydrogen-bond donors (Lipinski definition) is 2. The van der Waals surface area contributed by atoms with E-state index in [4.69, 9.17) is 0 Å². The van der Waals surface area contributed by atoms with Crippen molar-refractivity contribution in [3.05, 3.63) is 47.1 Å². The van der Waals surface area contributed by atoms with Crippen LogP contribution in [0.1, 0.15) is 64.4 Å². The van der Waals surface area contributed by atoms with E-state index in [1.54, 1.807) is 24.3 Å². The molecule has 4 aliphatic carbocycles. The largest absolute Gasteiger partial charge is 0.435 e. The monoisotopic (exact) mass is 444 g/mol. The maximum Gasteiger partial charge on any atom is 0.387 e. The van der Waals surface area contributed by atoms with Crippen LogP contribution < -0.4 is 4.74 Å². The van der Waals surface area contributed by atoms with Crippen LogP contribution in [0.5, 0.6) is 5.75 Å². The van der Waals surface area contributed by atoms with Crippen LogP contribution >= 0.6 is 0 Å². The van der Waals surface area contributed by atoms with Crippen molar-refractivity contribution in [1.29, 1.82) is 0 Å². The lowest BCUT2D eigenvalue weighted by molar-refractivity contribution is -0.0685. The Hall–Kier alpha value is -1.72. The van der Waals surface area contributed by atoms with Crippen molar-refractivity contribution in [2.24, 2.45) is 28.6 Å². The molecule has 0 aromatic heterocycles. The summed E-state index contributed by atoms with van der Waals surface area (Å²) < 4.78 is 29.3. The molecule has 5 heteroatoms. The number of rotatable bonds is 3. The van der Waals surface area contributed by atoms with Crippen molar-refractivity contribution in [1.82, 2.24) is 0 Å². The fraction of sp³-hybridized carbons (Fsp3) is 0.630. The highest BCUT2D eigenvalue weighted by atomic mass is 19.3. The van der Waals surface area contributed by atoms with Gasteiger partial charge in [-0.3, -0.25) is 0 Å². The quantitative estimate of drug-likeness (QED) is 0.565. The van der Waals surface area contributed by atoms with Gasteiger partial charge >= 0.3 is 6.61 Å². The molecular weight excluding hydrogens is 410 g/mol. The summed E-state index contributed by atoms with van der Waals surface area (Å²) in [6, 6.07) is 6.65. The van der Waals surface area contributed by atoms with E-state index in [1.165, 1.54) is 5.57 Å². The molecule has 3 saturated carbocycles. The van der Waals surface area contributed by atoms with Gasteiger partial charge in [-0.15, -0.1) is 0 Å². The molecular formula is C27H34F2O3. The Morgan fingerprint density at radius 2 is 1.78 bits per heavy atom. The molecule has 0 unspecified atom stereocenters. The summed E-state index contributed by atoms with van der Waals surface area (Å²) in [4.78, 5) is 0. The lowest BCUT2D eigenvalue weighted by Crippen LogP contribution is -2.51. The van der Waals surface area contributed by atoms with E-state index >= 15 is 0 Å². The molecule has 0 amide bonds. The highest BCUT2D eigenvalue weighted by molar-refractivity contribution is 5.56. The smallest absolute Gasteiger partial charge is 0.387 e. The number of hydrogen-bond acceptors (Lipinski definition) is 3. The maximum atomic E-state index is 12.4. The number of allylic oxidation sites excluding steroid dienone is 1. The number of alkyl halides is 2. The summed E-state index contributed by atoms with van der Waals surface area (Å²) in [5, 5.41) is 21.6. The first-order chi connectivity index (χ1) is 15.2. The molecule has 7 atom stereocenters. The lowest BCUT2D eigenvalue weighted by atomic mass is 9.48. The number of aliphatic hydroxyl groups excluding tert-OH is 2. The van der Waals surface area contributed by atoms with E-state index in [2.05, 4.69) is 24.7 Å². The molecule has 1 aromatic rings. The molecule has 0 bridgehead atoms. The zero-order chi connectivity index (χ0) is 22.7. The third-order valence-corrected chi connectivity index (χ3v) is 9.40. The lowest BCUT2D eigenvalue weighted by Gasteiger charge is -2.57. The van der Waals surface area contributed by atoms with Crippen LogP contribution in [-0.2, 0) is 0 Å². The number of aliphatic hydroxyl groups is 2. The van der Waals surface area contributed by atoms with Gasteiger partial charge in [0.15, 0.2) is 0 Å². The minimum absolute atomic E-state index is 0.123.